The molecule has 1 heterocycles. The van der Waals surface area contributed by atoms with E-state index in [4.69, 9.17) is 5.53 Å². The summed E-state index contributed by atoms with van der Waals surface area (Å²) in [5.74, 6) is 0. The lowest BCUT2D eigenvalue weighted by Gasteiger charge is -2.35. The van der Waals surface area contributed by atoms with Gasteiger partial charge in [0.05, 0.1) is 12.2 Å². The van der Waals surface area contributed by atoms with Crippen molar-refractivity contribution in [3.05, 3.63) is 10.4 Å². The van der Waals surface area contributed by atoms with E-state index in [1.54, 1.807) is 0 Å². The van der Waals surface area contributed by atoms with Gasteiger partial charge in [-0.15, -0.1) is 0 Å². The molecule has 4 N–H and O–H groups in total. The Morgan fingerprint density at radius 1 is 1.36 bits per heavy atom. The van der Waals surface area contributed by atoms with Crippen molar-refractivity contribution in [1.29, 1.82) is 0 Å². The molecule has 0 aromatic heterocycles. The topological polar surface area (TPSA) is 121 Å². The maximum absolute atomic E-state index is 9.50. The van der Waals surface area contributed by atoms with Crippen LogP contribution < -0.4 is 5.32 Å². The highest BCUT2D eigenvalue weighted by Crippen LogP contribution is 2.13. The van der Waals surface area contributed by atoms with E-state index in [1.807, 2.05) is 0 Å². The van der Waals surface area contributed by atoms with E-state index in [0.717, 1.165) is 0 Å². The monoisotopic (exact) mass is 202 g/mol. The lowest BCUT2D eigenvalue weighted by atomic mass is 9.94. The SMILES string of the molecule is [N-]=[N+]=NCC[C@H]1NC[C@@H](O)C(O)C1O. The van der Waals surface area contributed by atoms with Gasteiger partial charge in [0.15, 0.2) is 0 Å². The highest BCUT2D eigenvalue weighted by atomic mass is 16.4. The predicted molar refractivity (Wildman–Crippen MR) is 48.4 cm³/mol. The molecular formula is C7H14N4O3. The highest BCUT2D eigenvalue weighted by molar-refractivity contribution is 4.92. The largest absolute Gasteiger partial charge is 0.389 e. The zero-order valence-corrected chi connectivity index (χ0v) is 7.61. The fourth-order valence-electron chi connectivity index (χ4n) is 1.49. The number of rotatable bonds is 3. The number of aliphatic hydroxyl groups is 3. The first-order chi connectivity index (χ1) is 6.66. The summed E-state index contributed by atoms with van der Waals surface area (Å²) in [4.78, 5) is 2.58. The van der Waals surface area contributed by atoms with Crippen LogP contribution in [0.25, 0.3) is 10.4 Å². The average Bonchev–Trinajstić information content (AvgIpc) is 2.18. The molecule has 1 aliphatic heterocycles. The van der Waals surface area contributed by atoms with Gasteiger partial charge in [-0.3, -0.25) is 0 Å². The van der Waals surface area contributed by atoms with Crippen molar-refractivity contribution in [3.63, 3.8) is 0 Å². The van der Waals surface area contributed by atoms with Crippen molar-refractivity contribution in [3.8, 4) is 0 Å². The van der Waals surface area contributed by atoms with Crippen LogP contribution in [-0.2, 0) is 0 Å². The van der Waals surface area contributed by atoms with Gasteiger partial charge >= 0.3 is 0 Å². The Morgan fingerprint density at radius 2 is 2.07 bits per heavy atom. The van der Waals surface area contributed by atoms with Crippen molar-refractivity contribution < 1.29 is 15.3 Å². The molecule has 1 rings (SSSR count). The molecule has 14 heavy (non-hydrogen) atoms. The first-order valence-electron chi connectivity index (χ1n) is 4.45. The van der Waals surface area contributed by atoms with Crippen LogP contribution in [0.3, 0.4) is 0 Å². The number of β-amino-alcohol motifs (C(OH)–C–C–N with tert-alkyl or cyclic N) is 1. The average molecular weight is 202 g/mol. The predicted octanol–water partition coefficient (Wildman–Crippen LogP) is -1.26. The van der Waals surface area contributed by atoms with Gasteiger partial charge in [0, 0.05) is 24.0 Å². The van der Waals surface area contributed by atoms with Crippen molar-refractivity contribution in [1.82, 2.24) is 5.32 Å². The molecule has 0 aromatic carbocycles. The molecule has 2 unspecified atom stereocenters. The summed E-state index contributed by atoms with van der Waals surface area (Å²) < 4.78 is 0. The third-order valence-electron chi connectivity index (χ3n) is 2.35. The minimum atomic E-state index is -1.13. The van der Waals surface area contributed by atoms with Crippen molar-refractivity contribution >= 4 is 0 Å². The highest BCUT2D eigenvalue weighted by Gasteiger charge is 2.35. The molecule has 7 heteroatoms. The van der Waals surface area contributed by atoms with E-state index in [9.17, 15) is 15.3 Å². The summed E-state index contributed by atoms with van der Waals surface area (Å²) >= 11 is 0. The summed E-state index contributed by atoms with van der Waals surface area (Å²) in [5.41, 5.74) is 8.04. The van der Waals surface area contributed by atoms with Gasteiger partial charge < -0.3 is 20.6 Å². The van der Waals surface area contributed by atoms with Crippen LogP contribution in [0, 0.1) is 0 Å². The second kappa shape index (κ2) is 5.14. The van der Waals surface area contributed by atoms with E-state index < -0.39 is 18.3 Å². The summed E-state index contributed by atoms with van der Waals surface area (Å²) in [6, 6.07) is -0.334. The first-order valence-corrected chi connectivity index (χ1v) is 4.45. The number of nitrogens with one attached hydrogen (secondary N) is 1. The van der Waals surface area contributed by atoms with Crippen molar-refractivity contribution in [2.45, 2.75) is 30.8 Å². The zero-order valence-electron chi connectivity index (χ0n) is 7.61. The van der Waals surface area contributed by atoms with Crippen molar-refractivity contribution in [2.75, 3.05) is 13.1 Å². The molecule has 1 fully saturated rings. The van der Waals surface area contributed by atoms with Crippen LogP contribution in [0.5, 0.6) is 0 Å². The molecule has 0 spiro atoms. The van der Waals surface area contributed by atoms with Gasteiger partial charge in [0.1, 0.15) is 6.10 Å². The molecule has 4 atom stereocenters. The maximum atomic E-state index is 9.50. The third kappa shape index (κ3) is 2.57. The number of nitrogens with zero attached hydrogens (tertiary/aromatic N) is 3. The molecule has 1 aliphatic rings. The van der Waals surface area contributed by atoms with E-state index in [0.29, 0.717) is 6.42 Å². The molecule has 0 amide bonds. The van der Waals surface area contributed by atoms with E-state index in [2.05, 4.69) is 15.3 Å². The number of aliphatic hydroxyl groups excluding tert-OH is 3. The van der Waals surface area contributed by atoms with Gasteiger partial charge in [-0.05, 0) is 12.0 Å². The van der Waals surface area contributed by atoms with Crippen LogP contribution in [0.1, 0.15) is 6.42 Å². The van der Waals surface area contributed by atoms with Gasteiger partial charge in [-0.25, -0.2) is 0 Å². The maximum Gasteiger partial charge on any atom is 0.108 e. The smallest absolute Gasteiger partial charge is 0.108 e. The second-order valence-corrected chi connectivity index (χ2v) is 3.31. The lowest BCUT2D eigenvalue weighted by Crippen LogP contribution is -2.59. The van der Waals surface area contributed by atoms with Crippen LogP contribution >= 0.6 is 0 Å². The number of azide groups is 1. The Labute approximate surface area is 81.0 Å². The summed E-state index contributed by atoms with van der Waals surface area (Å²) in [6.07, 6.45) is -2.66. The minimum absolute atomic E-state index is 0.235. The number of piperidine rings is 1. The molecule has 0 radical (unpaired) electrons. The molecule has 0 aromatic rings. The van der Waals surface area contributed by atoms with Crippen LogP contribution in [0.4, 0.5) is 0 Å². The summed E-state index contributed by atoms with van der Waals surface area (Å²) in [5, 5.41) is 34.2. The quantitative estimate of drug-likeness (QED) is 0.259. The van der Waals surface area contributed by atoms with E-state index in [-0.39, 0.29) is 19.1 Å². The zero-order chi connectivity index (χ0) is 10.6. The summed E-state index contributed by atoms with van der Waals surface area (Å²) in [7, 11) is 0. The molecule has 7 nitrogen and oxygen atoms in total. The van der Waals surface area contributed by atoms with Gasteiger partial charge in [0.2, 0.25) is 0 Å². The molecule has 0 aliphatic carbocycles. The Balaban J connectivity index is 2.42. The van der Waals surface area contributed by atoms with E-state index in [1.165, 1.54) is 0 Å². The fourth-order valence-corrected chi connectivity index (χ4v) is 1.49. The van der Waals surface area contributed by atoms with Gasteiger partial charge in [0.25, 0.3) is 0 Å². The standard InChI is InChI=1S/C7H14N4O3/c8-11-10-2-1-4-6(13)7(14)5(12)3-9-4/h4-7,9,12-14H,1-3H2/t4-,5-,6?,7?/m1/s1. The Hall–Kier alpha value is -0.850. The molecule has 80 valence electrons. The fraction of sp³-hybridized carbons (Fsp3) is 1.00. The molecule has 1 saturated heterocycles. The number of hydrogen-bond acceptors (Lipinski definition) is 5. The van der Waals surface area contributed by atoms with E-state index >= 15 is 0 Å². The molecule has 0 bridgehead atoms. The van der Waals surface area contributed by atoms with Crippen LogP contribution in [0.15, 0.2) is 5.11 Å². The first kappa shape index (κ1) is 11.2. The van der Waals surface area contributed by atoms with Crippen LogP contribution in [0.2, 0.25) is 0 Å². The Morgan fingerprint density at radius 3 is 2.71 bits per heavy atom. The Kier molecular flexibility index (Phi) is 4.12. The van der Waals surface area contributed by atoms with Crippen LogP contribution in [-0.4, -0.2) is 52.8 Å². The normalized spacial score (nSPS) is 37.6. The molecular weight excluding hydrogens is 188 g/mol. The van der Waals surface area contributed by atoms with Crippen molar-refractivity contribution in [2.24, 2.45) is 5.11 Å². The lowest BCUT2D eigenvalue weighted by molar-refractivity contribution is -0.0946. The summed E-state index contributed by atoms with van der Waals surface area (Å²) in [6.45, 7) is 0.493. The van der Waals surface area contributed by atoms with Gasteiger partial charge in [-0.1, -0.05) is 5.11 Å². The Bertz CT molecular complexity index is 231. The number of hydrogen-bond donors (Lipinski definition) is 4. The van der Waals surface area contributed by atoms with Gasteiger partial charge in [-0.2, -0.15) is 0 Å². The third-order valence-corrected chi connectivity index (χ3v) is 2.35. The minimum Gasteiger partial charge on any atom is -0.389 e. The second-order valence-electron chi connectivity index (χ2n) is 3.31. The molecule has 0 saturated carbocycles.